The van der Waals surface area contributed by atoms with Crippen LogP contribution in [0.5, 0.6) is 0 Å². The van der Waals surface area contributed by atoms with E-state index in [2.05, 4.69) is 35.9 Å². The van der Waals surface area contributed by atoms with Crippen LogP contribution in [0.3, 0.4) is 0 Å². The number of nitrogens with zero attached hydrogens (tertiary/aromatic N) is 2. The first-order valence-electron chi connectivity index (χ1n) is 7.48. The second-order valence-electron chi connectivity index (χ2n) is 5.63. The lowest BCUT2D eigenvalue weighted by Crippen LogP contribution is -2.46. The molecule has 0 saturated carbocycles. The highest BCUT2D eigenvalue weighted by molar-refractivity contribution is 5.84. The molecular formula is C14H27N3O. The molecule has 104 valence electrons. The number of rotatable bonds is 5. The van der Waals surface area contributed by atoms with Gasteiger partial charge in [0.25, 0.3) is 0 Å². The molecular weight excluding hydrogens is 226 g/mol. The fourth-order valence-corrected chi connectivity index (χ4v) is 3.18. The molecule has 2 heterocycles. The maximum absolute atomic E-state index is 12.3. The van der Waals surface area contributed by atoms with E-state index in [0.717, 1.165) is 19.4 Å². The number of carbonyl (C=O) groups is 1. The zero-order valence-corrected chi connectivity index (χ0v) is 12.0. The van der Waals surface area contributed by atoms with E-state index in [-0.39, 0.29) is 12.2 Å². The van der Waals surface area contributed by atoms with Crippen molar-refractivity contribution in [3.05, 3.63) is 0 Å². The summed E-state index contributed by atoms with van der Waals surface area (Å²) in [6, 6.07) is 0.531. The summed E-state index contributed by atoms with van der Waals surface area (Å²) in [5.41, 5.74) is 0. The summed E-state index contributed by atoms with van der Waals surface area (Å²) in [6.45, 7) is 9.76. The zero-order valence-electron chi connectivity index (χ0n) is 12.0. The Balaban J connectivity index is 1.95. The predicted molar refractivity (Wildman–Crippen MR) is 73.3 cm³/mol. The molecule has 2 saturated heterocycles. The Kier molecular flexibility index (Phi) is 4.62. The van der Waals surface area contributed by atoms with Crippen LogP contribution in [0.1, 0.15) is 46.5 Å². The quantitative estimate of drug-likeness (QED) is 0.805. The minimum absolute atomic E-state index is 0.0423. The summed E-state index contributed by atoms with van der Waals surface area (Å²) >= 11 is 0. The molecule has 0 aromatic rings. The van der Waals surface area contributed by atoms with Crippen LogP contribution in [0.2, 0.25) is 0 Å². The molecule has 0 aromatic carbocycles. The van der Waals surface area contributed by atoms with E-state index in [9.17, 15) is 4.79 Å². The van der Waals surface area contributed by atoms with Crippen molar-refractivity contribution in [1.82, 2.24) is 15.1 Å². The third-order valence-electron chi connectivity index (χ3n) is 4.37. The highest BCUT2D eigenvalue weighted by atomic mass is 16.2. The number of nitrogens with one attached hydrogen (secondary N) is 1. The standard InChI is InChI=1S/C14H27N3O/c1-4-12-14(18)17(13(5-2)15-12)10-11(3)16-8-6-7-9-16/h11-13,15H,4-10H2,1-3H3. The van der Waals surface area contributed by atoms with Gasteiger partial charge in [-0.1, -0.05) is 13.8 Å². The molecule has 0 aromatic heterocycles. The summed E-state index contributed by atoms with van der Waals surface area (Å²) < 4.78 is 0. The predicted octanol–water partition coefficient (Wildman–Crippen LogP) is 1.42. The van der Waals surface area contributed by atoms with Crippen molar-refractivity contribution in [2.24, 2.45) is 0 Å². The van der Waals surface area contributed by atoms with Gasteiger partial charge >= 0.3 is 0 Å². The van der Waals surface area contributed by atoms with E-state index < -0.39 is 0 Å². The Hall–Kier alpha value is -0.610. The van der Waals surface area contributed by atoms with Crippen LogP contribution in [-0.4, -0.2) is 53.6 Å². The van der Waals surface area contributed by atoms with E-state index in [1.807, 2.05) is 0 Å². The molecule has 3 unspecified atom stereocenters. The van der Waals surface area contributed by atoms with E-state index in [1.54, 1.807) is 0 Å². The Bertz CT molecular complexity index is 289. The third-order valence-corrected chi connectivity index (χ3v) is 4.37. The molecule has 3 atom stereocenters. The van der Waals surface area contributed by atoms with Crippen molar-refractivity contribution in [1.29, 1.82) is 0 Å². The molecule has 2 aliphatic rings. The Labute approximate surface area is 111 Å². The van der Waals surface area contributed by atoms with Gasteiger partial charge in [0.2, 0.25) is 5.91 Å². The topological polar surface area (TPSA) is 35.6 Å². The van der Waals surface area contributed by atoms with Gasteiger partial charge in [-0.2, -0.15) is 0 Å². The van der Waals surface area contributed by atoms with Gasteiger partial charge in [-0.3, -0.25) is 15.0 Å². The molecule has 0 aliphatic carbocycles. The van der Waals surface area contributed by atoms with Crippen molar-refractivity contribution in [2.75, 3.05) is 19.6 Å². The number of hydrogen-bond acceptors (Lipinski definition) is 3. The lowest BCUT2D eigenvalue weighted by atomic mass is 10.2. The van der Waals surface area contributed by atoms with Crippen LogP contribution >= 0.6 is 0 Å². The first kappa shape index (κ1) is 13.8. The van der Waals surface area contributed by atoms with Gasteiger partial charge < -0.3 is 4.90 Å². The molecule has 1 N–H and O–H groups in total. The molecule has 4 nitrogen and oxygen atoms in total. The SMILES string of the molecule is CCC1NC(CC)N(CC(C)N2CCCC2)C1=O. The molecule has 2 rings (SSSR count). The fraction of sp³-hybridized carbons (Fsp3) is 0.929. The maximum Gasteiger partial charge on any atom is 0.241 e. The summed E-state index contributed by atoms with van der Waals surface area (Å²) in [5.74, 6) is 0.301. The first-order chi connectivity index (χ1) is 8.67. The van der Waals surface area contributed by atoms with Gasteiger partial charge in [0.05, 0.1) is 12.2 Å². The van der Waals surface area contributed by atoms with E-state index in [4.69, 9.17) is 0 Å². The Morgan fingerprint density at radius 1 is 1.28 bits per heavy atom. The summed E-state index contributed by atoms with van der Waals surface area (Å²) in [7, 11) is 0. The minimum Gasteiger partial charge on any atom is -0.324 e. The Morgan fingerprint density at radius 3 is 2.50 bits per heavy atom. The molecule has 1 amide bonds. The highest BCUT2D eigenvalue weighted by Gasteiger charge is 2.37. The molecule has 2 aliphatic heterocycles. The van der Waals surface area contributed by atoms with Crippen LogP contribution in [0.25, 0.3) is 0 Å². The van der Waals surface area contributed by atoms with Gasteiger partial charge in [-0.25, -0.2) is 0 Å². The van der Waals surface area contributed by atoms with Crippen LogP contribution in [0, 0.1) is 0 Å². The molecule has 4 heteroatoms. The van der Waals surface area contributed by atoms with Crippen LogP contribution in [0.15, 0.2) is 0 Å². The zero-order chi connectivity index (χ0) is 13.1. The van der Waals surface area contributed by atoms with Crippen LogP contribution in [0.4, 0.5) is 0 Å². The van der Waals surface area contributed by atoms with Gasteiger partial charge in [-0.05, 0) is 45.7 Å². The van der Waals surface area contributed by atoms with Gasteiger partial charge in [-0.15, -0.1) is 0 Å². The third kappa shape index (κ3) is 2.69. The molecule has 0 radical (unpaired) electrons. The Morgan fingerprint density at radius 2 is 1.94 bits per heavy atom. The number of likely N-dealkylation sites (tertiary alicyclic amines) is 1. The monoisotopic (exact) mass is 253 g/mol. The maximum atomic E-state index is 12.3. The largest absolute Gasteiger partial charge is 0.324 e. The summed E-state index contributed by atoms with van der Waals surface area (Å²) in [6.07, 6.45) is 4.75. The van der Waals surface area contributed by atoms with Gasteiger partial charge in [0.15, 0.2) is 0 Å². The second kappa shape index (κ2) is 6.02. The second-order valence-corrected chi connectivity index (χ2v) is 5.63. The molecule has 0 bridgehead atoms. The minimum atomic E-state index is 0.0423. The fourth-order valence-electron chi connectivity index (χ4n) is 3.18. The highest BCUT2D eigenvalue weighted by Crippen LogP contribution is 2.19. The average molecular weight is 253 g/mol. The van der Waals surface area contributed by atoms with Crippen molar-refractivity contribution in [3.8, 4) is 0 Å². The lowest BCUT2D eigenvalue weighted by molar-refractivity contribution is -0.130. The normalized spacial score (nSPS) is 31.3. The van der Waals surface area contributed by atoms with Gasteiger partial charge in [0, 0.05) is 12.6 Å². The van der Waals surface area contributed by atoms with E-state index >= 15 is 0 Å². The molecule has 2 fully saturated rings. The number of carbonyl (C=O) groups excluding carboxylic acids is 1. The summed E-state index contributed by atoms with van der Waals surface area (Å²) in [4.78, 5) is 16.9. The van der Waals surface area contributed by atoms with Crippen LogP contribution in [-0.2, 0) is 4.79 Å². The lowest BCUT2D eigenvalue weighted by Gasteiger charge is -2.31. The van der Waals surface area contributed by atoms with Crippen LogP contribution < -0.4 is 5.32 Å². The first-order valence-corrected chi connectivity index (χ1v) is 7.48. The van der Waals surface area contributed by atoms with Crippen molar-refractivity contribution in [3.63, 3.8) is 0 Å². The summed E-state index contributed by atoms with van der Waals surface area (Å²) in [5, 5.41) is 3.44. The smallest absolute Gasteiger partial charge is 0.241 e. The van der Waals surface area contributed by atoms with Gasteiger partial charge in [0.1, 0.15) is 0 Å². The van der Waals surface area contributed by atoms with E-state index in [1.165, 1.54) is 25.9 Å². The number of amides is 1. The van der Waals surface area contributed by atoms with Crippen molar-refractivity contribution in [2.45, 2.75) is 64.7 Å². The van der Waals surface area contributed by atoms with Crippen molar-refractivity contribution >= 4 is 5.91 Å². The van der Waals surface area contributed by atoms with E-state index in [0.29, 0.717) is 11.9 Å². The average Bonchev–Trinajstić information content (AvgIpc) is 2.99. The number of hydrogen-bond donors (Lipinski definition) is 1. The van der Waals surface area contributed by atoms with Crippen molar-refractivity contribution < 1.29 is 4.79 Å². The molecule has 0 spiro atoms. The molecule has 18 heavy (non-hydrogen) atoms.